The summed E-state index contributed by atoms with van der Waals surface area (Å²) in [7, 11) is 0. The Morgan fingerprint density at radius 3 is 2.10 bits per heavy atom. The quantitative estimate of drug-likeness (QED) is 0.720. The molecule has 110 valence electrons. The van der Waals surface area contributed by atoms with Crippen LogP contribution in [0.5, 0.6) is 0 Å². The molecule has 0 aromatic heterocycles. The Morgan fingerprint density at radius 2 is 1.65 bits per heavy atom. The van der Waals surface area contributed by atoms with Crippen molar-refractivity contribution in [3.63, 3.8) is 0 Å². The highest BCUT2D eigenvalue weighted by atomic mass is 14.6. The SMILES string of the molecule is CC(C)C/C=C(\C=C(\C(C)C)C(C)N)c1ccccc1. The summed E-state index contributed by atoms with van der Waals surface area (Å²) in [4.78, 5) is 0. The van der Waals surface area contributed by atoms with Crippen molar-refractivity contribution in [1.82, 2.24) is 0 Å². The zero-order valence-corrected chi connectivity index (χ0v) is 13.6. The molecule has 1 atom stereocenters. The van der Waals surface area contributed by atoms with Crippen LogP contribution in [-0.4, -0.2) is 6.04 Å². The van der Waals surface area contributed by atoms with Gasteiger partial charge in [-0.3, -0.25) is 0 Å². The number of hydrogen-bond acceptors (Lipinski definition) is 1. The maximum Gasteiger partial charge on any atom is 0.0230 e. The van der Waals surface area contributed by atoms with Gasteiger partial charge < -0.3 is 5.73 Å². The minimum atomic E-state index is 0.0983. The van der Waals surface area contributed by atoms with Crippen LogP contribution in [0, 0.1) is 11.8 Å². The second-order valence-electron chi connectivity index (χ2n) is 6.24. The minimum Gasteiger partial charge on any atom is -0.324 e. The van der Waals surface area contributed by atoms with E-state index in [1.165, 1.54) is 16.7 Å². The molecule has 0 fully saturated rings. The van der Waals surface area contributed by atoms with Crippen LogP contribution in [0.2, 0.25) is 0 Å². The highest BCUT2D eigenvalue weighted by Crippen LogP contribution is 2.23. The van der Waals surface area contributed by atoms with Gasteiger partial charge in [-0.15, -0.1) is 0 Å². The standard InChI is InChI=1S/C19H29N/c1-14(2)11-12-18(17-9-7-6-8-10-17)13-19(15(3)4)16(5)20/h6-10,12-16H,11,20H2,1-5H3/b18-12+,19-13-. The fourth-order valence-corrected chi connectivity index (χ4v) is 2.26. The van der Waals surface area contributed by atoms with Crippen molar-refractivity contribution in [1.29, 1.82) is 0 Å². The molecule has 0 amide bonds. The number of allylic oxidation sites excluding steroid dienone is 3. The third-order valence-electron chi connectivity index (χ3n) is 3.43. The van der Waals surface area contributed by atoms with E-state index >= 15 is 0 Å². The summed E-state index contributed by atoms with van der Waals surface area (Å²) in [6.45, 7) is 11.0. The van der Waals surface area contributed by atoms with Crippen molar-refractivity contribution in [3.8, 4) is 0 Å². The molecule has 0 saturated heterocycles. The van der Waals surface area contributed by atoms with Crippen LogP contribution in [0.1, 0.15) is 46.6 Å². The zero-order chi connectivity index (χ0) is 15.1. The number of benzene rings is 1. The van der Waals surface area contributed by atoms with Crippen LogP contribution in [0.4, 0.5) is 0 Å². The predicted octanol–water partition coefficient (Wildman–Crippen LogP) is 5.05. The fraction of sp³-hybridized carbons (Fsp3) is 0.474. The molecule has 1 aromatic rings. The third kappa shape index (κ3) is 5.34. The van der Waals surface area contributed by atoms with Gasteiger partial charge >= 0.3 is 0 Å². The van der Waals surface area contributed by atoms with Gasteiger partial charge in [0.05, 0.1) is 0 Å². The molecule has 2 N–H and O–H groups in total. The lowest BCUT2D eigenvalue weighted by molar-refractivity contribution is 0.663. The van der Waals surface area contributed by atoms with Gasteiger partial charge in [0, 0.05) is 6.04 Å². The highest BCUT2D eigenvalue weighted by Gasteiger charge is 2.10. The van der Waals surface area contributed by atoms with Gasteiger partial charge in [0.25, 0.3) is 0 Å². The van der Waals surface area contributed by atoms with Crippen molar-refractivity contribution in [2.45, 2.75) is 47.1 Å². The topological polar surface area (TPSA) is 26.0 Å². The van der Waals surface area contributed by atoms with Crippen LogP contribution in [-0.2, 0) is 0 Å². The molecule has 1 heteroatoms. The van der Waals surface area contributed by atoms with Gasteiger partial charge in [-0.1, -0.05) is 75.8 Å². The summed E-state index contributed by atoms with van der Waals surface area (Å²) in [6, 6.07) is 10.7. The molecule has 1 aromatic carbocycles. The maximum absolute atomic E-state index is 6.12. The van der Waals surface area contributed by atoms with E-state index in [9.17, 15) is 0 Å². The molecule has 0 saturated carbocycles. The van der Waals surface area contributed by atoms with Crippen LogP contribution in [0.15, 0.2) is 48.1 Å². The number of hydrogen-bond donors (Lipinski definition) is 1. The van der Waals surface area contributed by atoms with Gasteiger partial charge in [-0.25, -0.2) is 0 Å². The molecule has 0 radical (unpaired) electrons. The summed E-state index contributed by atoms with van der Waals surface area (Å²) in [5.41, 5.74) is 10.00. The van der Waals surface area contributed by atoms with E-state index in [2.05, 4.69) is 77.1 Å². The minimum absolute atomic E-state index is 0.0983. The van der Waals surface area contributed by atoms with Crippen LogP contribution in [0.3, 0.4) is 0 Å². The molecule has 0 heterocycles. The lowest BCUT2D eigenvalue weighted by atomic mass is 9.92. The second-order valence-corrected chi connectivity index (χ2v) is 6.24. The lowest BCUT2D eigenvalue weighted by Gasteiger charge is -2.17. The van der Waals surface area contributed by atoms with Crippen molar-refractivity contribution >= 4 is 5.57 Å². The Hall–Kier alpha value is -1.34. The average molecular weight is 271 g/mol. The Bertz CT molecular complexity index is 440. The predicted molar refractivity (Wildman–Crippen MR) is 90.4 cm³/mol. The molecule has 1 unspecified atom stereocenters. The van der Waals surface area contributed by atoms with Crippen LogP contribution < -0.4 is 5.73 Å². The Labute approximate surface area is 124 Å². The van der Waals surface area contributed by atoms with E-state index in [1.54, 1.807) is 0 Å². The first kappa shape index (κ1) is 16.7. The van der Waals surface area contributed by atoms with E-state index in [-0.39, 0.29) is 6.04 Å². The number of nitrogens with two attached hydrogens (primary N) is 1. The Kier molecular flexibility index (Phi) is 6.74. The molecule has 1 rings (SSSR count). The van der Waals surface area contributed by atoms with Crippen molar-refractivity contribution in [2.24, 2.45) is 17.6 Å². The molecular weight excluding hydrogens is 242 g/mol. The number of rotatable bonds is 6. The Balaban J connectivity index is 3.18. The van der Waals surface area contributed by atoms with Gasteiger partial charge in [-0.05, 0) is 36.3 Å². The smallest absolute Gasteiger partial charge is 0.0230 e. The van der Waals surface area contributed by atoms with Gasteiger partial charge in [0.2, 0.25) is 0 Å². The Morgan fingerprint density at radius 1 is 1.05 bits per heavy atom. The molecule has 0 bridgehead atoms. The van der Waals surface area contributed by atoms with E-state index < -0.39 is 0 Å². The van der Waals surface area contributed by atoms with E-state index in [4.69, 9.17) is 5.73 Å². The average Bonchev–Trinajstić information content (AvgIpc) is 2.38. The first-order chi connectivity index (χ1) is 9.41. The monoisotopic (exact) mass is 271 g/mol. The van der Waals surface area contributed by atoms with Crippen molar-refractivity contribution in [3.05, 3.63) is 53.6 Å². The van der Waals surface area contributed by atoms with E-state index in [1.807, 2.05) is 0 Å². The van der Waals surface area contributed by atoms with Crippen molar-refractivity contribution < 1.29 is 0 Å². The maximum atomic E-state index is 6.12. The third-order valence-corrected chi connectivity index (χ3v) is 3.43. The van der Waals surface area contributed by atoms with Gasteiger partial charge in [-0.2, -0.15) is 0 Å². The molecular formula is C19H29N. The van der Waals surface area contributed by atoms with E-state index in [0.29, 0.717) is 11.8 Å². The van der Waals surface area contributed by atoms with Crippen LogP contribution >= 0.6 is 0 Å². The molecule has 0 aliphatic rings. The van der Waals surface area contributed by atoms with Crippen LogP contribution in [0.25, 0.3) is 5.57 Å². The summed E-state index contributed by atoms with van der Waals surface area (Å²) in [5.74, 6) is 1.14. The molecule has 0 aliphatic carbocycles. The van der Waals surface area contributed by atoms with E-state index in [0.717, 1.165) is 6.42 Å². The van der Waals surface area contributed by atoms with Gasteiger partial charge in [0.15, 0.2) is 0 Å². The first-order valence-electron chi connectivity index (χ1n) is 7.64. The molecule has 20 heavy (non-hydrogen) atoms. The molecule has 1 nitrogen and oxygen atoms in total. The summed E-state index contributed by atoms with van der Waals surface area (Å²) >= 11 is 0. The molecule has 0 spiro atoms. The molecule has 0 aliphatic heterocycles. The largest absolute Gasteiger partial charge is 0.324 e. The highest BCUT2D eigenvalue weighted by molar-refractivity contribution is 5.74. The fourth-order valence-electron chi connectivity index (χ4n) is 2.26. The summed E-state index contributed by atoms with van der Waals surface area (Å²) < 4.78 is 0. The summed E-state index contributed by atoms with van der Waals surface area (Å²) in [5, 5.41) is 0. The lowest BCUT2D eigenvalue weighted by Crippen LogP contribution is -2.21. The van der Waals surface area contributed by atoms with Crippen molar-refractivity contribution in [2.75, 3.05) is 0 Å². The second kappa shape index (κ2) is 8.06. The van der Waals surface area contributed by atoms with Gasteiger partial charge in [0.1, 0.15) is 0 Å². The normalized spacial score (nSPS) is 15.0. The first-order valence-corrected chi connectivity index (χ1v) is 7.64. The zero-order valence-electron chi connectivity index (χ0n) is 13.6. The summed E-state index contributed by atoms with van der Waals surface area (Å²) in [6.07, 6.45) is 5.71.